The molecule has 0 aliphatic heterocycles. The van der Waals surface area contributed by atoms with Crippen molar-refractivity contribution in [1.82, 2.24) is 10.2 Å². The maximum Gasteiger partial charge on any atom is 0.220 e. The number of phenols is 1. The predicted molar refractivity (Wildman–Crippen MR) is 106 cm³/mol. The Hall–Kier alpha value is -2.53. The number of carbonyl (C=O) groups is 1. The lowest BCUT2D eigenvalue weighted by atomic mass is 9.97. The first-order valence-electron chi connectivity index (χ1n) is 8.92. The van der Waals surface area contributed by atoms with Crippen molar-refractivity contribution in [3.63, 3.8) is 0 Å². The SMILES string of the molecule is CC(CC(=O)NCC(Cc1ccc(N)c(O)c1)N(C)C)c1ccccc1. The van der Waals surface area contributed by atoms with Crippen molar-refractivity contribution in [2.75, 3.05) is 26.4 Å². The first kappa shape index (κ1) is 19.8. The number of rotatable bonds is 8. The second-order valence-corrected chi connectivity index (χ2v) is 7.03. The number of nitrogens with two attached hydrogens (primary N) is 1. The Morgan fingerprint density at radius 2 is 1.88 bits per heavy atom. The Balaban J connectivity index is 1.89. The number of phenolic OH excluding ortho intramolecular Hbond substituents is 1. The second-order valence-electron chi connectivity index (χ2n) is 7.03. The number of anilines is 1. The lowest BCUT2D eigenvalue weighted by Crippen LogP contribution is -2.41. The van der Waals surface area contributed by atoms with Crippen molar-refractivity contribution < 1.29 is 9.90 Å². The van der Waals surface area contributed by atoms with Crippen LogP contribution in [-0.2, 0) is 11.2 Å². The molecule has 2 atom stereocenters. The van der Waals surface area contributed by atoms with Gasteiger partial charge in [0.15, 0.2) is 0 Å². The van der Waals surface area contributed by atoms with Crippen LogP contribution in [0.15, 0.2) is 48.5 Å². The Bertz CT molecular complexity index is 716. The summed E-state index contributed by atoms with van der Waals surface area (Å²) in [6.45, 7) is 2.62. The topological polar surface area (TPSA) is 78.6 Å². The summed E-state index contributed by atoms with van der Waals surface area (Å²) in [6.07, 6.45) is 1.18. The van der Waals surface area contributed by atoms with Gasteiger partial charge in [-0.3, -0.25) is 4.79 Å². The van der Waals surface area contributed by atoms with E-state index in [1.165, 1.54) is 5.56 Å². The first-order chi connectivity index (χ1) is 12.4. The van der Waals surface area contributed by atoms with E-state index in [1.807, 2.05) is 50.5 Å². The van der Waals surface area contributed by atoms with Gasteiger partial charge in [0, 0.05) is 19.0 Å². The highest BCUT2D eigenvalue weighted by molar-refractivity contribution is 5.76. The molecule has 0 fully saturated rings. The minimum absolute atomic E-state index is 0.0494. The quantitative estimate of drug-likeness (QED) is 0.502. The number of hydrogen-bond acceptors (Lipinski definition) is 4. The maximum absolute atomic E-state index is 12.3. The van der Waals surface area contributed by atoms with Gasteiger partial charge in [-0.2, -0.15) is 0 Å². The molecule has 1 amide bonds. The number of nitrogens with one attached hydrogen (secondary N) is 1. The van der Waals surface area contributed by atoms with Crippen LogP contribution in [0.1, 0.15) is 30.4 Å². The molecule has 0 bridgehead atoms. The van der Waals surface area contributed by atoms with Crippen molar-refractivity contribution in [2.45, 2.75) is 31.7 Å². The van der Waals surface area contributed by atoms with Gasteiger partial charge in [-0.25, -0.2) is 0 Å². The van der Waals surface area contributed by atoms with Gasteiger partial charge >= 0.3 is 0 Å². The zero-order chi connectivity index (χ0) is 19.1. The zero-order valence-electron chi connectivity index (χ0n) is 15.8. The average molecular weight is 355 g/mol. The standard InChI is InChI=1S/C21H29N3O2/c1-15(17-7-5-4-6-8-17)11-21(26)23-14-18(24(2)3)12-16-9-10-19(22)20(25)13-16/h4-10,13,15,18,25H,11-12,14,22H2,1-3H3,(H,23,26). The molecule has 0 radical (unpaired) electrons. The Morgan fingerprint density at radius 3 is 2.50 bits per heavy atom. The summed E-state index contributed by atoms with van der Waals surface area (Å²) in [5.41, 5.74) is 8.19. The van der Waals surface area contributed by atoms with Crippen LogP contribution in [0.5, 0.6) is 5.75 Å². The van der Waals surface area contributed by atoms with Gasteiger partial charge in [-0.1, -0.05) is 43.3 Å². The molecule has 0 spiro atoms. The van der Waals surface area contributed by atoms with Crippen molar-refractivity contribution in [2.24, 2.45) is 0 Å². The molecule has 140 valence electrons. The molecular formula is C21H29N3O2. The molecule has 2 rings (SSSR count). The number of nitrogen functional groups attached to an aromatic ring is 1. The number of nitrogens with zero attached hydrogens (tertiary/aromatic N) is 1. The van der Waals surface area contributed by atoms with E-state index in [9.17, 15) is 9.90 Å². The third kappa shape index (κ3) is 5.77. The lowest BCUT2D eigenvalue weighted by Gasteiger charge is -2.25. The smallest absolute Gasteiger partial charge is 0.220 e. The van der Waals surface area contributed by atoms with Crippen molar-refractivity contribution in [3.8, 4) is 5.75 Å². The van der Waals surface area contributed by atoms with Crippen molar-refractivity contribution in [1.29, 1.82) is 0 Å². The van der Waals surface area contributed by atoms with Gasteiger partial charge in [-0.05, 0) is 49.7 Å². The van der Waals surface area contributed by atoms with E-state index in [-0.39, 0.29) is 23.6 Å². The van der Waals surface area contributed by atoms with Crippen LogP contribution >= 0.6 is 0 Å². The molecule has 2 aromatic rings. The Morgan fingerprint density at radius 1 is 1.19 bits per heavy atom. The molecule has 2 aromatic carbocycles. The van der Waals surface area contributed by atoms with E-state index in [0.717, 1.165) is 12.0 Å². The zero-order valence-corrected chi connectivity index (χ0v) is 15.8. The molecule has 26 heavy (non-hydrogen) atoms. The Kier molecular flexibility index (Phi) is 7.04. The van der Waals surface area contributed by atoms with Gasteiger partial charge < -0.3 is 21.1 Å². The van der Waals surface area contributed by atoms with Gasteiger partial charge in [-0.15, -0.1) is 0 Å². The highest BCUT2D eigenvalue weighted by Gasteiger charge is 2.16. The normalized spacial score (nSPS) is 13.4. The van der Waals surface area contributed by atoms with Crippen LogP contribution in [-0.4, -0.2) is 42.6 Å². The largest absolute Gasteiger partial charge is 0.506 e. The van der Waals surface area contributed by atoms with Gasteiger partial charge in [0.05, 0.1) is 5.69 Å². The highest BCUT2D eigenvalue weighted by atomic mass is 16.3. The van der Waals surface area contributed by atoms with Gasteiger partial charge in [0.25, 0.3) is 0 Å². The fraction of sp³-hybridized carbons (Fsp3) is 0.381. The number of likely N-dealkylation sites (N-methyl/N-ethyl adjacent to an activating group) is 1. The molecule has 0 aliphatic carbocycles. The lowest BCUT2D eigenvalue weighted by molar-refractivity contribution is -0.121. The van der Waals surface area contributed by atoms with Crippen molar-refractivity contribution in [3.05, 3.63) is 59.7 Å². The highest BCUT2D eigenvalue weighted by Crippen LogP contribution is 2.22. The van der Waals surface area contributed by atoms with E-state index < -0.39 is 0 Å². The number of aromatic hydroxyl groups is 1. The summed E-state index contributed by atoms with van der Waals surface area (Å²) in [4.78, 5) is 14.4. The predicted octanol–water partition coefficient (Wildman–Crippen LogP) is 2.76. The molecule has 0 saturated heterocycles. The number of carbonyl (C=O) groups excluding carboxylic acids is 1. The van der Waals surface area contributed by atoms with Crippen molar-refractivity contribution >= 4 is 11.6 Å². The fourth-order valence-corrected chi connectivity index (χ4v) is 2.91. The summed E-state index contributed by atoms with van der Waals surface area (Å²) in [7, 11) is 3.97. The van der Waals surface area contributed by atoms with Crippen LogP contribution in [0, 0.1) is 0 Å². The van der Waals surface area contributed by atoms with Gasteiger partial charge in [0.1, 0.15) is 5.75 Å². The summed E-state index contributed by atoms with van der Waals surface area (Å²) < 4.78 is 0. The monoisotopic (exact) mass is 355 g/mol. The first-order valence-corrected chi connectivity index (χ1v) is 8.92. The number of hydrogen-bond donors (Lipinski definition) is 3. The summed E-state index contributed by atoms with van der Waals surface area (Å²) in [5, 5.41) is 12.8. The van der Waals surface area contributed by atoms with E-state index in [4.69, 9.17) is 5.73 Å². The third-order valence-electron chi connectivity index (χ3n) is 4.69. The third-order valence-corrected chi connectivity index (χ3v) is 4.69. The summed E-state index contributed by atoms with van der Waals surface area (Å²) in [6, 6.07) is 15.5. The molecule has 2 unspecified atom stereocenters. The molecule has 4 N–H and O–H groups in total. The van der Waals surface area contributed by atoms with E-state index in [1.54, 1.807) is 12.1 Å². The van der Waals surface area contributed by atoms with Crippen LogP contribution in [0.2, 0.25) is 0 Å². The number of benzene rings is 2. The summed E-state index contributed by atoms with van der Waals surface area (Å²) >= 11 is 0. The fourth-order valence-electron chi connectivity index (χ4n) is 2.91. The molecule has 0 heterocycles. The minimum Gasteiger partial charge on any atom is -0.506 e. The van der Waals surface area contributed by atoms with Gasteiger partial charge in [0.2, 0.25) is 5.91 Å². The van der Waals surface area contributed by atoms with Crippen LogP contribution < -0.4 is 11.1 Å². The second kappa shape index (κ2) is 9.25. The molecule has 5 heteroatoms. The van der Waals surface area contributed by atoms with Crippen LogP contribution in [0.3, 0.4) is 0 Å². The summed E-state index contributed by atoms with van der Waals surface area (Å²) in [5.74, 6) is 0.331. The average Bonchev–Trinajstić information content (AvgIpc) is 2.62. The maximum atomic E-state index is 12.3. The Labute approximate surface area is 155 Å². The van der Waals surface area contributed by atoms with E-state index in [0.29, 0.717) is 18.7 Å². The molecule has 0 aliphatic rings. The van der Waals surface area contributed by atoms with Crippen LogP contribution in [0.4, 0.5) is 5.69 Å². The minimum atomic E-state index is 0.0494. The van der Waals surface area contributed by atoms with E-state index >= 15 is 0 Å². The molecular weight excluding hydrogens is 326 g/mol. The van der Waals surface area contributed by atoms with Crippen LogP contribution in [0.25, 0.3) is 0 Å². The molecule has 0 aromatic heterocycles. The molecule has 5 nitrogen and oxygen atoms in total. The molecule has 0 saturated carbocycles. The van der Waals surface area contributed by atoms with E-state index in [2.05, 4.69) is 17.1 Å². The number of amides is 1.